The second-order valence-corrected chi connectivity index (χ2v) is 3.57. The fraction of sp³-hybridized carbons (Fsp3) is 0.111. The Kier molecular flexibility index (Phi) is 2.70. The van der Waals surface area contributed by atoms with Crippen molar-refractivity contribution in [2.24, 2.45) is 0 Å². The van der Waals surface area contributed by atoms with Crippen LogP contribution in [0.4, 0.5) is 13.2 Å². The first-order chi connectivity index (χ1) is 7.89. The third-order valence-corrected chi connectivity index (χ3v) is 2.29. The minimum absolute atomic E-state index is 0.0744. The van der Waals surface area contributed by atoms with Crippen LogP contribution in [0.5, 0.6) is 0 Å². The molecule has 0 bridgehead atoms. The van der Waals surface area contributed by atoms with E-state index in [9.17, 15) is 18.0 Å². The van der Waals surface area contributed by atoms with Gasteiger partial charge in [0.05, 0.1) is 10.6 Å². The van der Waals surface area contributed by atoms with Crippen LogP contribution in [-0.4, -0.2) is 14.8 Å². The number of nitrogens with one attached hydrogen (secondary N) is 1. The molecule has 0 aromatic carbocycles. The first-order valence-corrected chi connectivity index (χ1v) is 4.77. The highest BCUT2D eigenvalue weighted by atomic mass is 35.5. The molecular formula is C9H5ClF3N3O. The molecule has 17 heavy (non-hydrogen) atoms. The fourth-order valence-electron chi connectivity index (χ4n) is 1.24. The van der Waals surface area contributed by atoms with Crippen molar-refractivity contribution in [1.82, 2.24) is 14.8 Å². The third-order valence-electron chi connectivity index (χ3n) is 2.01. The van der Waals surface area contributed by atoms with Gasteiger partial charge in [-0.3, -0.25) is 9.89 Å². The van der Waals surface area contributed by atoms with Crippen LogP contribution in [0.3, 0.4) is 0 Å². The van der Waals surface area contributed by atoms with E-state index in [1.54, 1.807) is 0 Å². The van der Waals surface area contributed by atoms with Crippen LogP contribution in [0.25, 0.3) is 5.82 Å². The predicted octanol–water partition coefficient (Wildman–Crippen LogP) is 2.23. The zero-order valence-corrected chi connectivity index (χ0v) is 8.88. The summed E-state index contributed by atoms with van der Waals surface area (Å²) in [6.45, 7) is 0. The van der Waals surface area contributed by atoms with Crippen molar-refractivity contribution in [2.75, 3.05) is 0 Å². The minimum Gasteiger partial charge on any atom is -0.297 e. The van der Waals surface area contributed by atoms with Gasteiger partial charge in [0, 0.05) is 18.5 Å². The smallest absolute Gasteiger partial charge is 0.297 e. The summed E-state index contributed by atoms with van der Waals surface area (Å²) >= 11 is 5.66. The van der Waals surface area contributed by atoms with Gasteiger partial charge in [-0.05, 0) is 6.07 Å². The molecule has 2 aromatic rings. The van der Waals surface area contributed by atoms with Crippen molar-refractivity contribution < 1.29 is 13.2 Å². The first-order valence-electron chi connectivity index (χ1n) is 4.39. The van der Waals surface area contributed by atoms with E-state index >= 15 is 0 Å². The van der Waals surface area contributed by atoms with E-state index in [0.717, 1.165) is 10.7 Å². The van der Waals surface area contributed by atoms with Crippen LogP contribution in [0, 0.1) is 0 Å². The van der Waals surface area contributed by atoms with Gasteiger partial charge in [0.2, 0.25) is 0 Å². The molecule has 0 fully saturated rings. The summed E-state index contributed by atoms with van der Waals surface area (Å²) in [5, 5.41) is 2.24. The van der Waals surface area contributed by atoms with E-state index in [-0.39, 0.29) is 10.8 Å². The summed E-state index contributed by atoms with van der Waals surface area (Å²) in [5.41, 5.74) is -1.43. The average Bonchev–Trinajstić information content (AvgIpc) is 2.63. The van der Waals surface area contributed by atoms with Crippen molar-refractivity contribution in [1.29, 1.82) is 0 Å². The molecule has 1 N–H and O–H groups in total. The second kappa shape index (κ2) is 3.92. The Bertz CT molecular complexity index is 602. The summed E-state index contributed by atoms with van der Waals surface area (Å²) in [6, 6.07) is 1.92. The van der Waals surface area contributed by atoms with E-state index in [1.165, 1.54) is 12.3 Å². The number of alkyl halides is 3. The van der Waals surface area contributed by atoms with Gasteiger partial charge in [-0.2, -0.15) is 13.2 Å². The Balaban J connectivity index is 2.54. The van der Waals surface area contributed by atoms with Gasteiger partial charge in [0.15, 0.2) is 5.82 Å². The fourth-order valence-corrected chi connectivity index (χ4v) is 1.49. The largest absolute Gasteiger partial charge is 0.417 e. The SMILES string of the molecule is O=c1cc[nH]n1-c1ncc(C(F)(F)F)cc1Cl. The topological polar surface area (TPSA) is 50.7 Å². The summed E-state index contributed by atoms with van der Waals surface area (Å²) in [4.78, 5) is 14.8. The van der Waals surface area contributed by atoms with Crippen LogP contribution < -0.4 is 5.56 Å². The molecular weight excluding hydrogens is 259 g/mol. The normalized spacial score (nSPS) is 11.8. The van der Waals surface area contributed by atoms with Gasteiger partial charge in [-0.15, -0.1) is 0 Å². The maximum absolute atomic E-state index is 12.3. The summed E-state index contributed by atoms with van der Waals surface area (Å²) in [6.07, 6.45) is -2.57. The highest BCUT2D eigenvalue weighted by molar-refractivity contribution is 6.32. The summed E-state index contributed by atoms with van der Waals surface area (Å²) in [5.74, 6) is -0.0744. The number of hydrogen-bond donors (Lipinski definition) is 1. The van der Waals surface area contributed by atoms with E-state index < -0.39 is 17.3 Å². The zero-order valence-electron chi connectivity index (χ0n) is 8.12. The van der Waals surface area contributed by atoms with E-state index in [1.807, 2.05) is 0 Å². The van der Waals surface area contributed by atoms with Crippen molar-refractivity contribution in [3.8, 4) is 5.82 Å². The van der Waals surface area contributed by atoms with Crippen LogP contribution in [0.1, 0.15) is 5.56 Å². The Morgan fingerprint density at radius 1 is 1.41 bits per heavy atom. The second-order valence-electron chi connectivity index (χ2n) is 3.16. The molecule has 0 aliphatic carbocycles. The molecule has 0 radical (unpaired) electrons. The van der Waals surface area contributed by atoms with Crippen LogP contribution >= 0.6 is 11.6 Å². The van der Waals surface area contributed by atoms with Crippen molar-refractivity contribution in [2.45, 2.75) is 6.18 Å². The predicted molar refractivity (Wildman–Crippen MR) is 54.2 cm³/mol. The van der Waals surface area contributed by atoms with Crippen molar-refractivity contribution in [3.05, 3.63) is 45.5 Å². The number of H-pyrrole nitrogens is 1. The molecule has 0 aliphatic heterocycles. The van der Waals surface area contributed by atoms with Gasteiger partial charge < -0.3 is 0 Å². The minimum atomic E-state index is -4.52. The Morgan fingerprint density at radius 2 is 2.12 bits per heavy atom. The average molecular weight is 264 g/mol. The van der Waals surface area contributed by atoms with Crippen LogP contribution in [-0.2, 0) is 6.18 Å². The van der Waals surface area contributed by atoms with Gasteiger partial charge in [-0.1, -0.05) is 11.6 Å². The molecule has 2 rings (SSSR count). The molecule has 0 saturated carbocycles. The monoisotopic (exact) mass is 263 g/mol. The molecule has 0 amide bonds. The highest BCUT2D eigenvalue weighted by Gasteiger charge is 2.31. The number of aromatic nitrogens is 3. The zero-order chi connectivity index (χ0) is 12.6. The Hall–Kier alpha value is -1.76. The molecule has 4 nitrogen and oxygen atoms in total. The number of rotatable bonds is 1. The van der Waals surface area contributed by atoms with Crippen LogP contribution in [0.2, 0.25) is 5.02 Å². The van der Waals surface area contributed by atoms with Gasteiger partial charge in [-0.25, -0.2) is 9.67 Å². The summed E-state index contributed by atoms with van der Waals surface area (Å²) < 4.78 is 38.0. The quantitative estimate of drug-likeness (QED) is 0.858. The van der Waals surface area contributed by atoms with Gasteiger partial charge in [0.25, 0.3) is 5.56 Å². The molecule has 0 spiro atoms. The van der Waals surface area contributed by atoms with Gasteiger partial charge >= 0.3 is 6.18 Å². The van der Waals surface area contributed by atoms with Crippen LogP contribution in [0.15, 0.2) is 29.3 Å². The van der Waals surface area contributed by atoms with E-state index in [2.05, 4.69) is 10.1 Å². The number of hydrogen-bond acceptors (Lipinski definition) is 2. The molecule has 2 aromatic heterocycles. The van der Waals surface area contributed by atoms with Crippen molar-refractivity contribution in [3.63, 3.8) is 0 Å². The first kappa shape index (κ1) is 11.7. The molecule has 8 heteroatoms. The Morgan fingerprint density at radius 3 is 2.59 bits per heavy atom. The molecule has 90 valence electrons. The standard InChI is InChI=1S/C9H5ClF3N3O/c10-6-3-5(9(11,12)13)4-14-8(6)16-7(17)1-2-15-16/h1-4,15H. The third kappa shape index (κ3) is 2.19. The maximum atomic E-state index is 12.3. The van der Waals surface area contributed by atoms with E-state index in [0.29, 0.717) is 6.20 Å². The molecule has 0 unspecified atom stereocenters. The Labute approximate surface area is 97.6 Å². The highest BCUT2D eigenvalue weighted by Crippen LogP contribution is 2.31. The number of pyridine rings is 1. The lowest BCUT2D eigenvalue weighted by molar-refractivity contribution is -0.137. The number of nitrogens with zero attached hydrogens (tertiary/aromatic N) is 2. The number of halogens is 4. The maximum Gasteiger partial charge on any atom is 0.417 e. The molecule has 0 saturated heterocycles. The molecule has 2 heterocycles. The number of aromatic amines is 1. The van der Waals surface area contributed by atoms with Crippen molar-refractivity contribution >= 4 is 11.6 Å². The molecule has 0 atom stereocenters. The van der Waals surface area contributed by atoms with Gasteiger partial charge in [0.1, 0.15) is 0 Å². The summed E-state index contributed by atoms with van der Waals surface area (Å²) in [7, 11) is 0. The lowest BCUT2D eigenvalue weighted by Crippen LogP contribution is -2.16. The molecule has 0 aliphatic rings. The van der Waals surface area contributed by atoms with E-state index in [4.69, 9.17) is 11.6 Å². The lowest BCUT2D eigenvalue weighted by atomic mass is 10.3. The lowest BCUT2D eigenvalue weighted by Gasteiger charge is -2.08.